The molecular weight excluding hydrogens is 214 g/mol. The maximum absolute atomic E-state index is 8.81. The average Bonchev–Trinajstić information content (AvgIpc) is 2.35. The summed E-state index contributed by atoms with van der Waals surface area (Å²) in [7, 11) is 0. The summed E-state index contributed by atoms with van der Waals surface area (Å²) in [6.45, 7) is 2.15. The smallest absolute Gasteiger partial charge is 0.219 e. The highest BCUT2D eigenvalue weighted by Gasteiger charge is 1.98. The highest BCUT2D eigenvalue weighted by molar-refractivity contribution is 5.30. The second-order valence-corrected chi connectivity index (χ2v) is 3.89. The number of pyridine rings is 1. The second kappa shape index (κ2) is 5.46. The maximum atomic E-state index is 8.81. The van der Waals surface area contributed by atoms with Crippen molar-refractivity contribution in [3.05, 3.63) is 53.7 Å². The lowest BCUT2D eigenvalue weighted by atomic mass is 10.1. The summed E-state index contributed by atoms with van der Waals surface area (Å²) in [5.74, 6) is 1.34. The number of nitrogens with zero attached hydrogens (tertiary/aromatic N) is 1. The van der Waals surface area contributed by atoms with Crippen LogP contribution in [0.25, 0.3) is 0 Å². The van der Waals surface area contributed by atoms with Crippen LogP contribution < -0.4 is 4.74 Å². The number of hydrogen-bond donors (Lipinski definition) is 1. The molecule has 3 heteroatoms. The van der Waals surface area contributed by atoms with Crippen molar-refractivity contribution in [1.82, 2.24) is 4.98 Å². The molecule has 1 N–H and O–H groups in total. The Balaban J connectivity index is 2.05. The quantitative estimate of drug-likeness (QED) is 0.876. The predicted octanol–water partition coefficient (Wildman–Crippen LogP) is 2.72. The van der Waals surface area contributed by atoms with Crippen LogP contribution in [0.3, 0.4) is 0 Å². The lowest BCUT2D eigenvalue weighted by Gasteiger charge is -2.05. The van der Waals surface area contributed by atoms with Crippen molar-refractivity contribution in [2.75, 3.05) is 6.61 Å². The van der Waals surface area contributed by atoms with E-state index in [9.17, 15) is 0 Å². The standard InChI is InChI=1S/C14H15NO2/c1-11-2-7-14(15-10-11)17-13-5-3-12(4-6-13)8-9-16/h2-7,10,16H,8-9H2,1H3. The minimum atomic E-state index is 0.166. The van der Waals surface area contributed by atoms with Gasteiger partial charge in [0.2, 0.25) is 5.88 Å². The molecule has 0 aliphatic carbocycles. The molecule has 0 aliphatic heterocycles. The molecule has 1 aromatic heterocycles. The van der Waals surface area contributed by atoms with Gasteiger partial charge in [-0.2, -0.15) is 0 Å². The lowest BCUT2D eigenvalue weighted by Crippen LogP contribution is -1.91. The van der Waals surface area contributed by atoms with Gasteiger partial charge >= 0.3 is 0 Å². The summed E-state index contributed by atoms with van der Waals surface area (Å²) in [6, 6.07) is 11.5. The Morgan fingerprint density at radius 1 is 1.12 bits per heavy atom. The first-order chi connectivity index (χ1) is 8.28. The van der Waals surface area contributed by atoms with Gasteiger partial charge in [-0.3, -0.25) is 0 Å². The molecule has 0 saturated heterocycles. The molecule has 1 heterocycles. The first kappa shape index (κ1) is 11.6. The van der Waals surface area contributed by atoms with Gasteiger partial charge in [0.05, 0.1) is 0 Å². The monoisotopic (exact) mass is 229 g/mol. The number of benzene rings is 1. The Morgan fingerprint density at radius 2 is 1.88 bits per heavy atom. The van der Waals surface area contributed by atoms with Gasteiger partial charge in [0.1, 0.15) is 5.75 Å². The van der Waals surface area contributed by atoms with E-state index in [1.54, 1.807) is 6.20 Å². The Morgan fingerprint density at radius 3 is 2.47 bits per heavy atom. The summed E-state index contributed by atoms with van der Waals surface area (Å²) >= 11 is 0. The Labute approximate surface area is 101 Å². The molecule has 0 saturated carbocycles. The number of aryl methyl sites for hydroxylation is 1. The lowest BCUT2D eigenvalue weighted by molar-refractivity contribution is 0.299. The number of rotatable bonds is 4. The van der Waals surface area contributed by atoms with E-state index >= 15 is 0 Å². The highest BCUT2D eigenvalue weighted by Crippen LogP contribution is 2.19. The van der Waals surface area contributed by atoms with E-state index in [1.807, 2.05) is 43.3 Å². The van der Waals surface area contributed by atoms with E-state index in [-0.39, 0.29) is 6.61 Å². The predicted molar refractivity (Wildman–Crippen MR) is 66.3 cm³/mol. The SMILES string of the molecule is Cc1ccc(Oc2ccc(CCO)cc2)nc1. The van der Waals surface area contributed by atoms with Crippen molar-refractivity contribution < 1.29 is 9.84 Å². The average molecular weight is 229 g/mol. The molecule has 0 unspecified atom stereocenters. The maximum Gasteiger partial charge on any atom is 0.219 e. The van der Waals surface area contributed by atoms with Crippen LogP contribution in [0, 0.1) is 6.92 Å². The number of ether oxygens (including phenoxy) is 1. The largest absolute Gasteiger partial charge is 0.439 e. The molecule has 3 nitrogen and oxygen atoms in total. The minimum Gasteiger partial charge on any atom is -0.439 e. The molecule has 0 aliphatic rings. The highest BCUT2D eigenvalue weighted by atomic mass is 16.5. The van der Waals surface area contributed by atoms with Gasteiger partial charge in [-0.25, -0.2) is 4.98 Å². The Bertz CT molecular complexity index is 463. The van der Waals surface area contributed by atoms with Crippen molar-refractivity contribution in [3.63, 3.8) is 0 Å². The van der Waals surface area contributed by atoms with Crippen LogP contribution in [0.2, 0.25) is 0 Å². The van der Waals surface area contributed by atoms with Crippen molar-refractivity contribution in [2.24, 2.45) is 0 Å². The van der Waals surface area contributed by atoms with E-state index in [0.29, 0.717) is 12.3 Å². The number of aliphatic hydroxyl groups is 1. The van der Waals surface area contributed by atoms with E-state index in [4.69, 9.17) is 9.84 Å². The molecule has 0 amide bonds. The number of aromatic nitrogens is 1. The van der Waals surface area contributed by atoms with Gasteiger partial charge in [0, 0.05) is 18.9 Å². The summed E-state index contributed by atoms with van der Waals surface area (Å²) in [5, 5.41) is 8.81. The normalized spacial score (nSPS) is 10.2. The number of aliphatic hydroxyl groups excluding tert-OH is 1. The molecular formula is C14H15NO2. The van der Waals surface area contributed by atoms with Crippen molar-refractivity contribution in [3.8, 4) is 11.6 Å². The van der Waals surface area contributed by atoms with Gasteiger partial charge in [-0.1, -0.05) is 18.2 Å². The topological polar surface area (TPSA) is 42.4 Å². The van der Waals surface area contributed by atoms with Crippen LogP contribution in [-0.2, 0) is 6.42 Å². The first-order valence-corrected chi connectivity index (χ1v) is 5.58. The van der Waals surface area contributed by atoms with E-state index in [2.05, 4.69) is 4.98 Å². The number of hydrogen-bond acceptors (Lipinski definition) is 3. The van der Waals surface area contributed by atoms with Crippen LogP contribution in [0.1, 0.15) is 11.1 Å². The molecule has 2 rings (SSSR count). The van der Waals surface area contributed by atoms with Crippen molar-refractivity contribution in [1.29, 1.82) is 0 Å². The van der Waals surface area contributed by atoms with Crippen LogP contribution >= 0.6 is 0 Å². The zero-order chi connectivity index (χ0) is 12.1. The minimum absolute atomic E-state index is 0.166. The second-order valence-electron chi connectivity index (χ2n) is 3.89. The van der Waals surface area contributed by atoms with E-state index in [1.165, 1.54) is 0 Å². The van der Waals surface area contributed by atoms with Gasteiger partial charge < -0.3 is 9.84 Å². The molecule has 88 valence electrons. The van der Waals surface area contributed by atoms with Gasteiger partial charge in [-0.15, -0.1) is 0 Å². The zero-order valence-corrected chi connectivity index (χ0v) is 9.76. The van der Waals surface area contributed by atoms with Gasteiger partial charge in [-0.05, 0) is 36.6 Å². The molecule has 2 aromatic rings. The third kappa shape index (κ3) is 3.29. The zero-order valence-electron chi connectivity index (χ0n) is 9.76. The van der Waals surface area contributed by atoms with Crippen LogP contribution in [-0.4, -0.2) is 16.7 Å². The van der Waals surface area contributed by atoms with Crippen LogP contribution in [0.5, 0.6) is 11.6 Å². The fourth-order valence-corrected chi connectivity index (χ4v) is 1.49. The van der Waals surface area contributed by atoms with Gasteiger partial charge in [0.15, 0.2) is 0 Å². The fraction of sp³-hybridized carbons (Fsp3) is 0.214. The van der Waals surface area contributed by atoms with E-state index < -0.39 is 0 Å². The molecule has 0 spiro atoms. The molecule has 0 bridgehead atoms. The molecule has 0 atom stereocenters. The third-order valence-corrected chi connectivity index (χ3v) is 2.43. The van der Waals surface area contributed by atoms with Crippen molar-refractivity contribution in [2.45, 2.75) is 13.3 Å². The van der Waals surface area contributed by atoms with Crippen LogP contribution in [0.4, 0.5) is 0 Å². The first-order valence-electron chi connectivity index (χ1n) is 5.58. The molecule has 0 fully saturated rings. The summed E-state index contributed by atoms with van der Waals surface area (Å²) < 4.78 is 5.59. The van der Waals surface area contributed by atoms with Gasteiger partial charge in [0.25, 0.3) is 0 Å². The fourth-order valence-electron chi connectivity index (χ4n) is 1.49. The summed E-state index contributed by atoms with van der Waals surface area (Å²) in [6.07, 6.45) is 2.44. The summed E-state index contributed by atoms with van der Waals surface area (Å²) in [4.78, 5) is 4.17. The van der Waals surface area contributed by atoms with Crippen molar-refractivity contribution >= 4 is 0 Å². The molecule has 17 heavy (non-hydrogen) atoms. The molecule has 1 aromatic carbocycles. The third-order valence-electron chi connectivity index (χ3n) is 2.43. The Kier molecular flexibility index (Phi) is 3.73. The summed E-state index contributed by atoms with van der Waals surface area (Å²) in [5.41, 5.74) is 2.20. The Hall–Kier alpha value is -1.87. The van der Waals surface area contributed by atoms with Crippen LogP contribution in [0.15, 0.2) is 42.6 Å². The van der Waals surface area contributed by atoms with E-state index in [0.717, 1.165) is 16.9 Å². The molecule has 0 radical (unpaired) electrons.